The monoisotopic (exact) mass is 198 g/mol. The molecule has 0 fully saturated rings. The van der Waals surface area contributed by atoms with Crippen molar-refractivity contribution >= 4 is 23.4 Å². The molecule has 0 atom stereocenters. The van der Waals surface area contributed by atoms with E-state index in [4.69, 9.17) is 11.5 Å². The molecule has 13 heavy (non-hydrogen) atoms. The summed E-state index contributed by atoms with van der Waals surface area (Å²) in [7, 11) is 0. The minimum atomic E-state index is 0.437. The highest BCUT2D eigenvalue weighted by atomic mass is 32.2. The maximum atomic E-state index is 5.52. The lowest BCUT2D eigenvalue weighted by atomic mass is 10.4. The van der Waals surface area contributed by atoms with Gasteiger partial charge in [0, 0.05) is 11.8 Å². The van der Waals surface area contributed by atoms with Crippen LogP contribution >= 0.6 is 11.8 Å². The Morgan fingerprint density at radius 2 is 1.92 bits per heavy atom. The predicted molar refractivity (Wildman–Crippen MR) is 56.5 cm³/mol. The van der Waals surface area contributed by atoms with Gasteiger partial charge in [0.15, 0.2) is 5.16 Å². The van der Waals surface area contributed by atoms with Crippen molar-refractivity contribution in [1.82, 2.24) is 9.97 Å². The van der Waals surface area contributed by atoms with Crippen LogP contribution in [-0.4, -0.2) is 15.7 Å². The van der Waals surface area contributed by atoms with E-state index in [1.54, 1.807) is 17.8 Å². The lowest BCUT2D eigenvalue weighted by molar-refractivity contribution is 0.889. The van der Waals surface area contributed by atoms with Crippen molar-refractivity contribution in [3.8, 4) is 0 Å². The molecule has 0 aliphatic carbocycles. The molecule has 1 aromatic heterocycles. The highest BCUT2D eigenvalue weighted by Crippen LogP contribution is 2.17. The van der Waals surface area contributed by atoms with Crippen molar-refractivity contribution in [2.75, 3.05) is 17.2 Å². The number of nitrogen functional groups attached to an aromatic ring is 2. The van der Waals surface area contributed by atoms with Gasteiger partial charge >= 0.3 is 0 Å². The van der Waals surface area contributed by atoms with E-state index in [-0.39, 0.29) is 0 Å². The van der Waals surface area contributed by atoms with Gasteiger partial charge in [0.05, 0.1) is 0 Å². The highest BCUT2D eigenvalue weighted by molar-refractivity contribution is 7.99. The van der Waals surface area contributed by atoms with Crippen LogP contribution in [-0.2, 0) is 0 Å². The van der Waals surface area contributed by atoms with Crippen molar-refractivity contribution in [3.63, 3.8) is 0 Å². The Morgan fingerprint density at radius 1 is 1.31 bits per heavy atom. The van der Waals surface area contributed by atoms with E-state index in [0.717, 1.165) is 12.2 Å². The molecular weight excluding hydrogens is 184 g/mol. The molecule has 0 saturated heterocycles. The first-order valence-corrected chi connectivity index (χ1v) is 5.23. The van der Waals surface area contributed by atoms with E-state index >= 15 is 0 Å². The summed E-state index contributed by atoms with van der Waals surface area (Å²) in [5.41, 5.74) is 11.0. The summed E-state index contributed by atoms with van der Waals surface area (Å²) in [5, 5.41) is 0.672. The van der Waals surface area contributed by atoms with Crippen molar-refractivity contribution in [3.05, 3.63) is 6.07 Å². The van der Waals surface area contributed by atoms with Crippen LogP contribution < -0.4 is 11.5 Å². The summed E-state index contributed by atoms with van der Waals surface area (Å²) < 4.78 is 0. The number of anilines is 2. The van der Waals surface area contributed by atoms with Crippen molar-refractivity contribution in [2.45, 2.75) is 24.9 Å². The standard InChI is InChI=1S/C8H14N4S/c1-2-3-4-13-8-11-6(9)5-7(10)12-8/h5H,2-4H2,1H3,(H4,9,10,11,12). The second-order valence-electron chi connectivity index (χ2n) is 2.70. The smallest absolute Gasteiger partial charge is 0.191 e. The van der Waals surface area contributed by atoms with Gasteiger partial charge in [-0.1, -0.05) is 25.1 Å². The zero-order chi connectivity index (χ0) is 9.68. The van der Waals surface area contributed by atoms with Crippen molar-refractivity contribution in [1.29, 1.82) is 0 Å². The van der Waals surface area contributed by atoms with E-state index in [0.29, 0.717) is 16.8 Å². The second-order valence-corrected chi connectivity index (χ2v) is 3.76. The van der Waals surface area contributed by atoms with Gasteiger partial charge in [0.1, 0.15) is 11.6 Å². The van der Waals surface area contributed by atoms with Gasteiger partial charge in [0.25, 0.3) is 0 Å². The third-order valence-corrected chi connectivity index (χ3v) is 2.41. The van der Waals surface area contributed by atoms with Gasteiger partial charge in [-0.25, -0.2) is 9.97 Å². The first-order chi connectivity index (χ1) is 6.22. The van der Waals surface area contributed by atoms with Crippen LogP contribution in [0.5, 0.6) is 0 Å². The predicted octanol–water partition coefficient (Wildman–Crippen LogP) is 1.53. The first kappa shape index (κ1) is 10.1. The maximum Gasteiger partial charge on any atom is 0.191 e. The van der Waals surface area contributed by atoms with Gasteiger partial charge in [-0.05, 0) is 6.42 Å². The third-order valence-electron chi connectivity index (χ3n) is 1.47. The van der Waals surface area contributed by atoms with Crippen LogP contribution in [0, 0.1) is 0 Å². The molecule has 0 spiro atoms. The van der Waals surface area contributed by atoms with Gasteiger partial charge in [0.2, 0.25) is 0 Å². The summed E-state index contributed by atoms with van der Waals surface area (Å²) in [6, 6.07) is 1.56. The molecule has 0 saturated carbocycles. The molecule has 1 rings (SSSR count). The number of nitrogens with zero attached hydrogens (tertiary/aromatic N) is 2. The van der Waals surface area contributed by atoms with Crippen LogP contribution in [0.25, 0.3) is 0 Å². The van der Waals surface area contributed by atoms with Gasteiger partial charge in [-0.2, -0.15) is 0 Å². The topological polar surface area (TPSA) is 77.8 Å². The molecule has 0 radical (unpaired) electrons. The fourth-order valence-electron chi connectivity index (χ4n) is 0.834. The fourth-order valence-corrected chi connectivity index (χ4v) is 1.79. The summed E-state index contributed by atoms with van der Waals surface area (Å²) in [4.78, 5) is 8.11. The molecule has 0 aromatic carbocycles. The zero-order valence-corrected chi connectivity index (χ0v) is 8.47. The number of nitrogens with two attached hydrogens (primary N) is 2. The maximum absolute atomic E-state index is 5.52. The fraction of sp³-hybridized carbons (Fsp3) is 0.500. The summed E-state index contributed by atoms with van der Waals surface area (Å²) in [5.74, 6) is 1.89. The quantitative estimate of drug-likeness (QED) is 0.436. The molecular formula is C8H14N4S. The van der Waals surface area contributed by atoms with Crippen LogP contribution in [0.2, 0.25) is 0 Å². The average molecular weight is 198 g/mol. The Kier molecular flexibility index (Phi) is 3.82. The summed E-state index contributed by atoms with van der Waals surface area (Å²) >= 11 is 1.59. The van der Waals surface area contributed by atoms with Crippen LogP contribution in [0.1, 0.15) is 19.8 Å². The highest BCUT2D eigenvalue weighted by Gasteiger charge is 1.99. The molecule has 0 unspecified atom stereocenters. The summed E-state index contributed by atoms with van der Waals surface area (Å²) in [6.45, 7) is 2.15. The Balaban J connectivity index is 2.56. The van der Waals surface area contributed by atoms with Crippen molar-refractivity contribution in [2.24, 2.45) is 0 Å². The molecule has 4 N–H and O–H groups in total. The second kappa shape index (κ2) is 4.91. The van der Waals surface area contributed by atoms with Gasteiger partial charge in [-0.3, -0.25) is 0 Å². The van der Waals surface area contributed by atoms with E-state index in [1.807, 2.05) is 0 Å². The molecule has 1 heterocycles. The number of rotatable bonds is 4. The van der Waals surface area contributed by atoms with E-state index < -0.39 is 0 Å². The molecule has 0 aliphatic rings. The Labute approximate surface area is 82.1 Å². The number of thioether (sulfide) groups is 1. The Hall–Kier alpha value is -0.970. The SMILES string of the molecule is CCCCSc1nc(N)cc(N)n1. The van der Waals surface area contributed by atoms with Crippen LogP contribution in [0.15, 0.2) is 11.2 Å². The Bertz CT molecular complexity index is 257. The molecule has 72 valence electrons. The molecule has 0 bridgehead atoms. The molecule has 0 aliphatic heterocycles. The number of hydrogen-bond donors (Lipinski definition) is 2. The van der Waals surface area contributed by atoms with Gasteiger partial charge in [-0.15, -0.1) is 0 Å². The lowest BCUT2D eigenvalue weighted by Gasteiger charge is -2.01. The lowest BCUT2D eigenvalue weighted by Crippen LogP contribution is -1.99. The summed E-state index contributed by atoms with van der Waals surface area (Å²) in [6.07, 6.45) is 2.33. The van der Waals surface area contributed by atoms with Gasteiger partial charge < -0.3 is 11.5 Å². The molecule has 4 nitrogen and oxygen atoms in total. The largest absolute Gasteiger partial charge is 0.383 e. The normalized spacial score (nSPS) is 10.2. The number of hydrogen-bond acceptors (Lipinski definition) is 5. The number of aromatic nitrogens is 2. The minimum absolute atomic E-state index is 0.437. The molecule has 5 heteroatoms. The van der Waals surface area contributed by atoms with E-state index in [1.165, 1.54) is 6.42 Å². The Morgan fingerprint density at radius 3 is 2.46 bits per heavy atom. The number of unbranched alkanes of at least 4 members (excludes halogenated alkanes) is 1. The third kappa shape index (κ3) is 3.50. The van der Waals surface area contributed by atoms with E-state index in [9.17, 15) is 0 Å². The zero-order valence-electron chi connectivity index (χ0n) is 7.66. The van der Waals surface area contributed by atoms with Crippen LogP contribution in [0.3, 0.4) is 0 Å². The molecule has 1 aromatic rings. The van der Waals surface area contributed by atoms with E-state index in [2.05, 4.69) is 16.9 Å². The first-order valence-electron chi connectivity index (χ1n) is 4.25. The van der Waals surface area contributed by atoms with Crippen LogP contribution in [0.4, 0.5) is 11.6 Å². The average Bonchev–Trinajstić information content (AvgIpc) is 2.03. The minimum Gasteiger partial charge on any atom is -0.383 e. The molecule has 0 amide bonds. The van der Waals surface area contributed by atoms with Crippen molar-refractivity contribution < 1.29 is 0 Å².